The maximum absolute atomic E-state index is 13.8. The van der Waals surface area contributed by atoms with Crippen LogP contribution < -0.4 is 10.6 Å². The van der Waals surface area contributed by atoms with E-state index >= 15 is 0 Å². The molecule has 3 fully saturated rings. The Labute approximate surface area is 204 Å². The molecule has 1 aromatic rings. The Morgan fingerprint density at radius 2 is 1.85 bits per heavy atom. The highest BCUT2D eigenvalue weighted by Gasteiger charge is 2.76. The summed E-state index contributed by atoms with van der Waals surface area (Å²) >= 11 is 7.66. The summed E-state index contributed by atoms with van der Waals surface area (Å²) in [5.41, 5.74) is 0.631. The summed E-state index contributed by atoms with van der Waals surface area (Å²) in [6, 6.07) is 6.30. The van der Waals surface area contributed by atoms with Crippen molar-refractivity contribution in [3.8, 4) is 0 Å². The number of rotatable bonds is 9. The van der Waals surface area contributed by atoms with E-state index in [1.807, 2.05) is 0 Å². The van der Waals surface area contributed by atoms with Crippen molar-refractivity contribution in [3.05, 3.63) is 29.3 Å². The number of hydrogen-bond acceptors (Lipinski definition) is 5. The molecule has 3 saturated heterocycles. The monoisotopic (exact) mass is 493 g/mol. The minimum atomic E-state index is -0.634. The van der Waals surface area contributed by atoms with Crippen LogP contribution in [0.15, 0.2) is 24.3 Å². The predicted molar refractivity (Wildman–Crippen MR) is 130 cm³/mol. The second-order valence-electron chi connectivity index (χ2n) is 9.51. The van der Waals surface area contributed by atoms with E-state index in [4.69, 9.17) is 16.7 Å². The fraction of sp³-hybridized carbons (Fsp3) is 0.625. The van der Waals surface area contributed by atoms with E-state index in [0.29, 0.717) is 17.3 Å². The molecule has 5 atom stereocenters. The summed E-state index contributed by atoms with van der Waals surface area (Å²) in [5.74, 6) is -1.36. The standard InChI is InChI=1S/C24H32ClN3O4S/c1-23-11-12-24(33-23)18(17(23)20(30)26-2)22(32)28(13-5-3-4-6-14-29)19(24)21(31)27-16-9-7-15(25)8-10-16/h7-10,17-19,29H,3-6,11-14H2,1-2H3,(H,26,30)(H,27,31)/t17-,18-,19?,23+,24?/m0/s1. The van der Waals surface area contributed by atoms with Gasteiger partial charge in [0.05, 0.1) is 16.6 Å². The average molecular weight is 494 g/mol. The molecular formula is C24H32ClN3O4S. The summed E-state index contributed by atoms with van der Waals surface area (Å²) in [6.07, 6.45) is 4.77. The highest BCUT2D eigenvalue weighted by molar-refractivity contribution is 8.02. The van der Waals surface area contributed by atoms with Gasteiger partial charge in [0, 0.05) is 35.7 Å². The first kappa shape index (κ1) is 24.4. The van der Waals surface area contributed by atoms with Crippen molar-refractivity contribution >= 4 is 46.8 Å². The second-order valence-corrected chi connectivity index (χ2v) is 11.8. The van der Waals surface area contributed by atoms with Crippen molar-refractivity contribution in [2.45, 2.75) is 61.0 Å². The van der Waals surface area contributed by atoms with E-state index in [2.05, 4.69) is 17.6 Å². The van der Waals surface area contributed by atoms with Gasteiger partial charge in [0.15, 0.2) is 0 Å². The molecule has 1 aromatic carbocycles. The van der Waals surface area contributed by atoms with Crippen LogP contribution in [0.4, 0.5) is 5.69 Å². The third kappa shape index (κ3) is 4.15. The van der Waals surface area contributed by atoms with Crippen LogP contribution in [0.5, 0.6) is 0 Å². The molecular weight excluding hydrogens is 462 g/mol. The van der Waals surface area contributed by atoms with Crippen LogP contribution in [0.1, 0.15) is 45.4 Å². The number of carbonyl (C=O) groups excluding carboxylic acids is 3. The Morgan fingerprint density at radius 3 is 2.52 bits per heavy atom. The van der Waals surface area contributed by atoms with Gasteiger partial charge in [-0.3, -0.25) is 14.4 Å². The molecule has 3 heterocycles. The number of aliphatic hydroxyl groups is 1. The summed E-state index contributed by atoms with van der Waals surface area (Å²) in [5, 5.41) is 15.4. The molecule has 7 nitrogen and oxygen atoms in total. The van der Waals surface area contributed by atoms with Crippen molar-refractivity contribution in [2.24, 2.45) is 11.8 Å². The highest BCUT2D eigenvalue weighted by atomic mass is 35.5. The largest absolute Gasteiger partial charge is 0.396 e. The zero-order valence-electron chi connectivity index (χ0n) is 19.1. The van der Waals surface area contributed by atoms with Gasteiger partial charge in [-0.25, -0.2) is 0 Å². The first-order valence-corrected chi connectivity index (χ1v) is 12.9. The predicted octanol–water partition coefficient (Wildman–Crippen LogP) is 3.06. The van der Waals surface area contributed by atoms with E-state index < -0.39 is 22.6 Å². The third-order valence-corrected chi connectivity index (χ3v) is 9.71. The van der Waals surface area contributed by atoms with Crippen molar-refractivity contribution < 1.29 is 19.5 Å². The Morgan fingerprint density at radius 1 is 1.15 bits per heavy atom. The number of hydrogen-bond donors (Lipinski definition) is 3. The number of likely N-dealkylation sites (tertiary alicyclic amines) is 1. The lowest BCUT2D eigenvalue weighted by Gasteiger charge is -2.34. The molecule has 1 spiro atoms. The van der Waals surface area contributed by atoms with E-state index in [1.54, 1.807) is 48.0 Å². The van der Waals surface area contributed by atoms with E-state index in [9.17, 15) is 14.4 Å². The van der Waals surface area contributed by atoms with Crippen LogP contribution in [0.2, 0.25) is 5.02 Å². The van der Waals surface area contributed by atoms with Crippen LogP contribution in [0.3, 0.4) is 0 Å². The summed E-state index contributed by atoms with van der Waals surface area (Å²) in [6.45, 7) is 2.69. The van der Waals surface area contributed by atoms with Gasteiger partial charge in [-0.2, -0.15) is 0 Å². The molecule has 0 saturated carbocycles. The maximum atomic E-state index is 13.8. The van der Waals surface area contributed by atoms with Crippen LogP contribution in [0, 0.1) is 11.8 Å². The molecule has 3 aliphatic rings. The smallest absolute Gasteiger partial charge is 0.248 e. The first-order valence-electron chi connectivity index (χ1n) is 11.7. The lowest BCUT2D eigenvalue weighted by Crippen LogP contribution is -2.52. The number of unbranched alkanes of at least 4 members (excludes halogenated alkanes) is 3. The Hall–Kier alpha value is -1.77. The number of halogens is 1. The summed E-state index contributed by atoms with van der Waals surface area (Å²) in [7, 11) is 1.61. The summed E-state index contributed by atoms with van der Waals surface area (Å²) < 4.78 is -0.961. The van der Waals surface area contributed by atoms with Crippen LogP contribution in [0.25, 0.3) is 0 Å². The fourth-order valence-electron chi connectivity index (χ4n) is 6.01. The minimum Gasteiger partial charge on any atom is -0.396 e. The topological polar surface area (TPSA) is 98.7 Å². The molecule has 9 heteroatoms. The molecule has 3 amide bonds. The molecule has 0 aliphatic carbocycles. The molecule has 2 unspecified atom stereocenters. The Bertz CT molecular complexity index is 929. The molecule has 180 valence electrons. The number of nitrogens with one attached hydrogen (secondary N) is 2. The molecule has 0 radical (unpaired) electrons. The van der Waals surface area contributed by atoms with Gasteiger partial charge >= 0.3 is 0 Å². The molecule has 4 rings (SSSR count). The van der Waals surface area contributed by atoms with Crippen molar-refractivity contribution in [3.63, 3.8) is 0 Å². The van der Waals surface area contributed by atoms with Crippen molar-refractivity contribution in [1.29, 1.82) is 0 Å². The lowest BCUT2D eigenvalue weighted by atomic mass is 9.66. The molecule has 33 heavy (non-hydrogen) atoms. The average Bonchev–Trinajstić information content (AvgIpc) is 3.35. The summed E-state index contributed by atoms with van der Waals surface area (Å²) in [4.78, 5) is 42.1. The Balaban J connectivity index is 1.64. The number of carbonyl (C=O) groups is 3. The number of fused-ring (bicyclic) bond motifs is 1. The van der Waals surface area contributed by atoms with Gasteiger partial charge in [0.25, 0.3) is 0 Å². The molecule has 3 aliphatic heterocycles. The first-order chi connectivity index (χ1) is 15.8. The van der Waals surface area contributed by atoms with Crippen LogP contribution in [-0.4, -0.2) is 63.5 Å². The van der Waals surface area contributed by atoms with Gasteiger partial charge in [-0.1, -0.05) is 24.4 Å². The van der Waals surface area contributed by atoms with Gasteiger partial charge in [-0.15, -0.1) is 11.8 Å². The van der Waals surface area contributed by atoms with Gasteiger partial charge < -0.3 is 20.6 Å². The molecule has 3 N–H and O–H groups in total. The number of aliphatic hydroxyl groups excluding tert-OH is 1. The normalized spacial score (nSPS) is 32.2. The third-order valence-electron chi connectivity index (χ3n) is 7.47. The van der Waals surface area contributed by atoms with Gasteiger partial charge in [-0.05, 0) is 56.9 Å². The zero-order chi connectivity index (χ0) is 23.8. The number of anilines is 1. The molecule has 0 aromatic heterocycles. The Kier molecular flexibility index (Phi) is 6.99. The van der Waals surface area contributed by atoms with Crippen LogP contribution >= 0.6 is 23.4 Å². The fourth-order valence-corrected chi connectivity index (χ4v) is 8.50. The number of thioether (sulfide) groups is 1. The van der Waals surface area contributed by atoms with Crippen LogP contribution in [-0.2, 0) is 14.4 Å². The van der Waals surface area contributed by atoms with Crippen molar-refractivity contribution in [2.75, 3.05) is 25.5 Å². The van der Waals surface area contributed by atoms with E-state index in [-0.39, 0.29) is 29.1 Å². The number of benzene rings is 1. The lowest BCUT2D eigenvalue weighted by molar-refractivity contribution is -0.140. The quantitative estimate of drug-likeness (QED) is 0.459. The minimum absolute atomic E-state index is 0.0852. The highest BCUT2D eigenvalue weighted by Crippen LogP contribution is 2.71. The molecule has 2 bridgehead atoms. The van der Waals surface area contributed by atoms with E-state index in [0.717, 1.165) is 38.5 Å². The number of nitrogens with zero attached hydrogens (tertiary/aromatic N) is 1. The number of amides is 3. The van der Waals surface area contributed by atoms with Gasteiger partial charge in [0.1, 0.15) is 6.04 Å². The van der Waals surface area contributed by atoms with Gasteiger partial charge in [0.2, 0.25) is 17.7 Å². The van der Waals surface area contributed by atoms with E-state index in [1.165, 1.54) is 0 Å². The SMILES string of the molecule is CNC(=O)[C@@H]1[C@H]2C(=O)N(CCCCCCO)C(C(=O)Nc3ccc(Cl)cc3)C23CC[C@@]1(C)S3. The zero-order valence-corrected chi connectivity index (χ0v) is 20.7. The second kappa shape index (κ2) is 9.47. The van der Waals surface area contributed by atoms with Crippen molar-refractivity contribution in [1.82, 2.24) is 10.2 Å². The maximum Gasteiger partial charge on any atom is 0.248 e.